The van der Waals surface area contributed by atoms with E-state index in [4.69, 9.17) is 18.9 Å². The zero-order valence-corrected chi connectivity index (χ0v) is 30.9. The molecule has 2 unspecified atom stereocenters. The summed E-state index contributed by atoms with van der Waals surface area (Å²) >= 11 is 0. The normalized spacial score (nSPS) is 21.6. The third-order valence-electron chi connectivity index (χ3n) is 9.15. The van der Waals surface area contributed by atoms with Crippen molar-refractivity contribution in [2.24, 2.45) is 0 Å². The van der Waals surface area contributed by atoms with Crippen molar-refractivity contribution in [1.29, 1.82) is 0 Å². The molecule has 10 nitrogen and oxygen atoms in total. The number of rotatable bonds is 32. The Hall–Kier alpha value is -1.56. The number of esters is 2. The molecule has 1 fully saturated rings. The smallest absolute Gasteiger partial charge is 0.306 e. The van der Waals surface area contributed by atoms with Gasteiger partial charge in [0.15, 0.2) is 12.4 Å². The molecule has 1 aliphatic rings. The van der Waals surface area contributed by atoms with Gasteiger partial charge in [0, 0.05) is 12.8 Å². The number of aliphatic hydroxyl groups is 4. The molecule has 0 aromatic heterocycles. The Morgan fingerprint density at radius 2 is 1.08 bits per heavy atom. The number of ether oxygens (including phenoxy) is 4. The van der Waals surface area contributed by atoms with Crippen molar-refractivity contribution in [1.82, 2.24) is 0 Å². The number of hydrogen-bond acceptors (Lipinski definition) is 10. The number of allylic oxidation sites excluding steroid dienone is 2. The van der Waals surface area contributed by atoms with E-state index in [0.29, 0.717) is 6.42 Å². The Labute approximate surface area is 297 Å². The first-order valence-electron chi connectivity index (χ1n) is 19.8. The lowest BCUT2D eigenvalue weighted by molar-refractivity contribution is -0.305. The third kappa shape index (κ3) is 23.5. The van der Waals surface area contributed by atoms with E-state index in [1.54, 1.807) is 0 Å². The maximum absolute atomic E-state index is 12.6. The monoisotopic (exact) mass is 701 g/mol. The predicted octanol–water partition coefficient (Wildman–Crippen LogP) is 7.22. The first kappa shape index (κ1) is 45.5. The van der Waals surface area contributed by atoms with Crippen LogP contribution in [0.2, 0.25) is 0 Å². The fraction of sp³-hybridized carbons (Fsp3) is 0.897. The standard InChI is InChI=1S/C39H72O10/c1-3-5-7-9-11-13-14-15-16-17-18-20-21-23-25-27-34(41)46-30-32(31-47-39-38(45)37(44)36(43)33(29-40)49-39)48-35(42)28-26-24-22-19-12-10-8-6-4-2/h13-14,32-33,36-40,43-45H,3-12,15-31H2,1-2H3/b14-13+/t32-,33-,36+,37?,38?,39-/m0/s1. The second-order valence-corrected chi connectivity index (χ2v) is 13.7. The lowest BCUT2D eigenvalue weighted by Gasteiger charge is -2.39. The maximum atomic E-state index is 12.6. The highest BCUT2D eigenvalue weighted by Gasteiger charge is 2.44. The van der Waals surface area contributed by atoms with Gasteiger partial charge in [-0.15, -0.1) is 0 Å². The van der Waals surface area contributed by atoms with E-state index < -0.39 is 49.4 Å². The molecular formula is C39H72O10. The second kappa shape index (κ2) is 31.2. The average molecular weight is 701 g/mol. The minimum atomic E-state index is -1.59. The van der Waals surface area contributed by atoms with E-state index in [1.165, 1.54) is 83.5 Å². The quantitative estimate of drug-likeness (QED) is 0.0322. The number of carbonyl (C=O) groups excluding carboxylic acids is 2. The molecule has 1 rings (SSSR count). The minimum absolute atomic E-state index is 0.215. The van der Waals surface area contributed by atoms with E-state index >= 15 is 0 Å². The molecule has 4 N–H and O–H groups in total. The lowest BCUT2D eigenvalue weighted by Crippen LogP contribution is -2.59. The van der Waals surface area contributed by atoms with Crippen LogP contribution in [-0.2, 0) is 28.5 Å². The van der Waals surface area contributed by atoms with Gasteiger partial charge in [0.2, 0.25) is 0 Å². The van der Waals surface area contributed by atoms with Crippen LogP contribution in [0.15, 0.2) is 12.2 Å². The molecule has 0 bridgehead atoms. The highest BCUT2D eigenvalue weighted by molar-refractivity contribution is 5.70. The topological polar surface area (TPSA) is 152 Å². The Bertz CT molecular complexity index is 820. The Morgan fingerprint density at radius 3 is 1.61 bits per heavy atom. The molecule has 0 aromatic carbocycles. The zero-order chi connectivity index (χ0) is 36.0. The van der Waals surface area contributed by atoms with E-state index in [2.05, 4.69) is 26.0 Å². The summed E-state index contributed by atoms with van der Waals surface area (Å²) in [7, 11) is 0. The number of aliphatic hydroxyl groups excluding tert-OH is 4. The summed E-state index contributed by atoms with van der Waals surface area (Å²) < 4.78 is 22.0. The summed E-state index contributed by atoms with van der Waals surface area (Å²) in [6.07, 6.45) is 22.3. The first-order valence-corrected chi connectivity index (χ1v) is 19.8. The fourth-order valence-electron chi connectivity index (χ4n) is 5.95. The third-order valence-corrected chi connectivity index (χ3v) is 9.15. The summed E-state index contributed by atoms with van der Waals surface area (Å²) in [5.41, 5.74) is 0. The van der Waals surface area contributed by atoms with Crippen molar-refractivity contribution in [2.75, 3.05) is 19.8 Å². The highest BCUT2D eigenvalue weighted by Crippen LogP contribution is 2.22. The van der Waals surface area contributed by atoms with Crippen LogP contribution in [0.25, 0.3) is 0 Å². The van der Waals surface area contributed by atoms with Crippen molar-refractivity contribution in [3.8, 4) is 0 Å². The van der Waals surface area contributed by atoms with Crippen LogP contribution in [0.1, 0.15) is 168 Å². The molecule has 1 aliphatic heterocycles. The molecule has 49 heavy (non-hydrogen) atoms. The molecular weight excluding hydrogens is 628 g/mol. The molecule has 1 saturated heterocycles. The van der Waals surface area contributed by atoms with Crippen molar-refractivity contribution in [3.63, 3.8) is 0 Å². The van der Waals surface area contributed by atoms with Gasteiger partial charge in [-0.05, 0) is 38.5 Å². The van der Waals surface area contributed by atoms with Gasteiger partial charge in [-0.25, -0.2) is 0 Å². The van der Waals surface area contributed by atoms with Gasteiger partial charge in [0.1, 0.15) is 31.0 Å². The van der Waals surface area contributed by atoms with Crippen LogP contribution in [0, 0.1) is 0 Å². The van der Waals surface area contributed by atoms with Crippen LogP contribution in [0.5, 0.6) is 0 Å². The van der Waals surface area contributed by atoms with Crippen LogP contribution >= 0.6 is 0 Å². The van der Waals surface area contributed by atoms with Gasteiger partial charge in [-0.2, -0.15) is 0 Å². The fourth-order valence-corrected chi connectivity index (χ4v) is 5.95. The van der Waals surface area contributed by atoms with E-state index in [0.717, 1.165) is 51.4 Å². The molecule has 0 radical (unpaired) electrons. The Kier molecular flexibility index (Phi) is 28.9. The van der Waals surface area contributed by atoms with Crippen LogP contribution in [0.3, 0.4) is 0 Å². The van der Waals surface area contributed by atoms with Gasteiger partial charge >= 0.3 is 11.9 Å². The zero-order valence-electron chi connectivity index (χ0n) is 30.9. The van der Waals surface area contributed by atoms with Crippen LogP contribution in [-0.4, -0.2) is 89.0 Å². The molecule has 0 saturated carbocycles. The van der Waals surface area contributed by atoms with E-state index in [1.807, 2.05) is 0 Å². The summed E-state index contributed by atoms with van der Waals surface area (Å²) in [4.78, 5) is 25.1. The Morgan fingerprint density at radius 1 is 0.612 bits per heavy atom. The summed E-state index contributed by atoms with van der Waals surface area (Å²) in [6, 6.07) is 0. The number of hydrogen-bond donors (Lipinski definition) is 4. The first-order chi connectivity index (χ1) is 23.8. The molecule has 288 valence electrons. The van der Waals surface area contributed by atoms with Crippen molar-refractivity contribution in [3.05, 3.63) is 12.2 Å². The van der Waals surface area contributed by atoms with Crippen molar-refractivity contribution in [2.45, 2.75) is 205 Å². The maximum Gasteiger partial charge on any atom is 0.306 e. The van der Waals surface area contributed by atoms with E-state index in [-0.39, 0.29) is 32.0 Å². The summed E-state index contributed by atoms with van der Waals surface area (Å²) in [6.45, 7) is 3.37. The van der Waals surface area contributed by atoms with Gasteiger partial charge in [0.25, 0.3) is 0 Å². The average Bonchev–Trinajstić information content (AvgIpc) is 3.10. The van der Waals surface area contributed by atoms with Crippen LogP contribution < -0.4 is 0 Å². The number of unbranched alkanes of at least 4 members (excludes halogenated alkanes) is 19. The van der Waals surface area contributed by atoms with Gasteiger partial charge in [-0.1, -0.05) is 129 Å². The van der Waals surface area contributed by atoms with Gasteiger partial charge in [-0.3, -0.25) is 9.59 Å². The van der Waals surface area contributed by atoms with Crippen molar-refractivity contribution < 1.29 is 49.0 Å². The van der Waals surface area contributed by atoms with Gasteiger partial charge in [0.05, 0.1) is 13.2 Å². The summed E-state index contributed by atoms with van der Waals surface area (Å²) in [5.74, 6) is -0.811. The highest BCUT2D eigenvalue weighted by atomic mass is 16.7. The molecule has 0 aliphatic carbocycles. The van der Waals surface area contributed by atoms with Gasteiger partial charge < -0.3 is 39.4 Å². The van der Waals surface area contributed by atoms with E-state index in [9.17, 15) is 30.0 Å². The molecule has 0 amide bonds. The SMILES string of the molecule is CCCCCC/C=C/CCCCCCCCCC(=O)OC[C@@H](CO[C@H]1O[C@@H](CO)[C@@H](O)C(O)C1O)OC(=O)CCCCCCCCCCC. The summed E-state index contributed by atoms with van der Waals surface area (Å²) in [5, 5.41) is 39.9. The molecule has 10 heteroatoms. The molecule has 1 heterocycles. The minimum Gasteiger partial charge on any atom is -0.462 e. The number of carbonyl (C=O) groups is 2. The molecule has 0 aromatic rings. The Balaban J connectivity index is 2.36. The predicted molar refractivity (Wildman–Crippen MR) is 192 cm³/mol. The molecule has 6 atom stereocenters. The van der Waals surface area contributed by atoms with Crippen molar-refractivity contribution >= 4 is 11.9 Å². The lowest BCUT2D eigenvalue weighted by atomic mass is 9.99. The van der Waals surface area contributed by atoms with Crippen LogP contribution in [0.4, 0.5) is 0 Å². The molecule has 0 spiro atoms. The second-order valence-electron chi connectivity index (χ2n) is 13.7. The largest absolute Gasteiger partial charge is 0.462 e.